The minimum Gasteiger partial charge on any atom is -0.380 e. The van der Waals surface area contributed by atoms with Crippen molar-refractivity contribution in [3.05, 3.63) is 0 Å². The number of hydrogen-bond acceptors (Lipinski definition) is 4. The second-order valence-corrected chi connectivity index (χ2v) is 6.23. The van der Waals surface area contributed by atoms with E-state index in [9.17, 15) is 0 Å². The van der Waals surface area contributed by atoms with Crippen LogP contribution in [0.2, 0.25) is 0 Å². The maximum absolute atomic E-state index is 6.00. The molecule has 0 unspecified atom stereocenters. The van der Waals surface area contributed by atoms with Crippen LogP contribution in [0.15, 0.2) is 0 Å². The molecule has 2 N–H and O–H groups in total. The largest absolute Gasteiger partial charge is 0.442 e. The maximum atomic E-state index is 6.00. The number of hydrogen-bond donors (Lipinski definition) is 2. The summed E-state index contributed by atoms with van der Waals surface area (Å²) in [4.78, 5) is 7.06. The highest BCUT2D eigenvalue weighted by Crippen LogP contribution is 2.05. The average Bonchev–Trinajstić information content (AvgIpc) is 2.20. The molecule has 0 saturated heterocycles. The first kappa shape index (κ1) is 15.1. The smallest absolute Gasteiger partial charge is 0.380 e. The summed E-state index contributed by atoms with van der Waals surface area (Å²) in [5, 5.41) is 0. The van der Waals surface area contributed by atoms with Crippen LogP contribution in [0.3, 0.4) is 0 Å². The van der Waals surface area contributed by atoms with Crippen molar-refractivity contribution in [3.63, 3.8) is 0 Å². The highest BCUT2D eigenvalue weighted by Gasteiger charge is 2.40. The molecular weight excluding hydrogens is 206 g/mol. The van der Waals surface area contributed by atoms with Gasteiger partial charge in [0.15, 0.2) is 0 Å². The Kier molecular flexibility index (Phi) is 8.27. The fourth-order valence-corrected chi connectivity index (χ4v) is 5.06. The summed E-state index contributed by atoms with van der Waals surface area (Å²) < 4.78 is 8.39. The molecule has 0 fully saturated rings. The van der Waals surface area contributed by atoms with Crippen molar-refractivity contribution in [3.8, 4) is 0 Å². The van der Waals surface area contributed by atoms with Crippen LogP contribution in [0.1, 0.15) is 34.6 Å². The fourth-order valence-electron chi connectivity index (χ4n) is 1.84. The zero-order valence-corrected chi connectivity index (χ0v) is 11.9. The lowest BCUT2D eigenvalue weighted by Gasteiger charge is -2.39. The first-order valence-corrected chi connectivity index (χ1v) is 7.95. The normalized spacial score (nSPS) is 12.4. The highest BCUT2D eigenvalue weighted by molar-refractivity contribution is 6.65. The van der Waals surface area contributed by atoms with Crippen LogP contribution in [0.5, 0.6) is 0 Å². The van der Waals surface area contributed by atoms with Gasteiger partial charge < -0.3 is 4.43 Å². The lowest BCUT2D eigenvalue weighted by molar-refractivity contribution is 0.228. The van der Waals surface area contributed by atoms with Crippen molar-refractivity contribution in [1.29, 1.82) is 0 Å². The van der Waals surface area contributed by atoms with Gasteiger partial charge in [-0.25, -0.2) is 0 Å². The Bertz CT molecular complexity index is 137. The lowest BCUT2D eigenvalue weighted by Crippen LogP contribution is -2.75. The topological polar surface area (TPSA) is 36.5 Å². The van der Waals surface area contributed by atoms with Crippen molar-refractivity contribution in [2.24, 2.45) is 0 Å². The lowest BCUT2D eigenvalue weighted by atomic mass is 10.7. The molecule has 15 heavy (non-hydrogen) atoms. The van der Waals surface area contributed by atoms with E-state index < -0.39 is 8.80 Å². The first-order chi connectivity index (χ1) is 7.20. The Morgan fingerprint density at radius 1 is 0.933 bits per heavy atom. The third-order valence-electron chi connectivity index (χ3n) is 2.39. The average molecular weight is 233 g/mol. The second kappa shape index (κ2) is 8.24. The minimum absolute atomic E-state index is 0.753. The third-order valence-corrected chi connectivity index (χ3v) is 6.29. The number of nitrogens with zero attached hydrogens (tertiary/aromatic N) is 1. The molecule has 92 valence electrons. The van der Waals surface area contributed by atoms with Gasteiger partial charge in [0.25, 0.3) is 0 Å². The SMILES string of the molecule is CCN[Si](NCC)(OCC)N(CC)CC. The predicted molar refractivity (Wildman–Crippen MR) is 67.7 cm³/mol. The molecule has 0 aromatic rings. The molecule has 0 aromatic heterocycles. The van der Waals surface area contributed by atoms with E-state index in [1.54, 1.807) is 0 Å². The van der Waals surface area contributed by atoms with Crippen molar-refractivity contribution >= 4 is 8.80 Å². The molecule has 0 aliphatic carbocycles. The molecular formula is C10H27N3OSi. The first-order valence-electron chi connectivity index (χ1n) is 6.09. The van der Waals surface area contributed by atoms with Crippen LogP contribution in [-0.4, -0.2) is 46.2 Å². The zero-order valence-electron chi connectivity index (χ0n) is 10.9. The molecule has 0 amide bonds. The molecule has 0 bridgehead atoms. The molecule has 0 aliphatic heterocycles. The summed E-state index contributed by atoms with van der Waals surface area (Å²) in [7, 11) is -2.09. The summed E-state index contributed by atoms with van der Waals surface area (Å²) in [6.45, 7) is 15.3. The minimum atomic E-state index is -2.09. The predicted octanol–water partition coefficient (Wildman–Crippen LogP) is 1.02. The Morgan fingerprint density at radius 2 is 1.40 bits per heavy atom. The molecule has 0 atom stereocenters. The van der Waals surface area contributed by atoms with Crippen LogP contribution in [0, 0.1) is 0 Å². The van der Waals surface area contributed by atoms with Gasteiger partial charge in [0.1, 0.15) is 0 Å². The quantitative estimate of drug-likeness (QED) is 0.583. The summed E-state index contributed by atoms with van der Waals surface area (Å²) in [5.41, 5.74) is 0. The molecule has 0 aromatic carbocycles. The van der Waals surface area contributed by atoms with Gasteiger partial charge in [-0.1, -0.05) is 27.7 Å². The van der Waals surface area contributed by atoms with E-state index >= 15 is 0 Å². The molecule has 0 saturated carbocycles. The van der Waals surface area contributed by atoms with Crippen LogP contribution in [-0.2, 0) is 4.43 Å². The van der Waals surface area contributed by atoms with Gasteiger partial charge in [-0.2, -0.15) is 0 Å². The van der Waals surface area contributed by atoms with Gasteiger partial charge in [-0.05, 0) is 33.1 Å². The molecule has 0 rings (SSSR count). The van der Waals surface area contributed by atoms with Crippen molar-refractivity contribution < 1.29 is 4.43 Å². The highest BCUT2D eigenvalue weighted by atomic mass is 28.4. The molecule has 0 heterocycles. The van der Waals surface area contributed by atoms with Crippen LogP contribution in [0.25, 0.3) is 0 Å². The van der Waals surface area contributed by atoms with E-state index in [1.807, 2.05) is 0 Å². The van der Waals surface area contributed by atoms with Crippen LogP contribution >= 0.6 is 0 Å². The van der Waals surface area contributed by atoms with Gasteiger partial charge in [0, 0.05) is 6.61 Å². The van der Waals surface area contributed by atoms with E-state index in [0.717, 1.165) is 32.8 Å². The van der Waals surface area contributed by atoms with Crippen LogP contribution in [0.4, 0.5) is 0 Å². The molecule has 4 nitrogen and oxygen atoms in total. The monoisotopic (exact) mass is 233 g/mol. The summed E-state index contributed by atoms with van der Waals surface area (Å²) >= 11 is 0. The Morgan fingerprint density at radius 3 is 1.67 bits per heavy atom. The van der Waals surface area contributed by atoms with Crippen molar-refractivity contribution in [1.82, 2.24) is 14.5 Å². The maximum Gasteiger partial charge on any atom is 0.442 e. The summed E-state index contributed by atoms with van der Waals surface area (Å²) in [5.74, 6) is 0. The zero-order chi connectivity index (χ0) is 11.7. The van der Waals surface area contributed by atoms with Gasteiger partial charge >= 0.3 is 8.80 Å². The Labute approximate surface area is 95.7 Å². The van der Waals surface area contributed by atoms with Crippen LogP contribution < -0.4 is 9.96 Å². The van der Waals surface area contributed by atoms with E-state index in [0.29, 0.717) is 0 Å². The van der Waals surface area contributed by atoms with E-state index in [4.69, 9.17) is 4.43 Å². The summed E-state index contributed by atoms with van der Waals surface area (Å²) in [6.07, 6.45) is 0. The Balaban J connectivity index is 4.71. The standard InChI is InChI=1S/C10H27N3OSi/c1-6-11-15(12-7-2,14-10-5)13(8-3)9-4/h11-12H,6-10H2,1-5H3. The fraction of sp³-hybridized carbons (Fsp3) is 1.00. The van der Waals surface area contributed by atoms with E-state index in [-0.39, 0.29) is 0 Å². The van der Waals surface area contributed by atoms with Gasteiger partial charge in [0.05, 0.1) is 0 Å². The molecule has 0 spiro atoms. The van der Waals surface area contributed by atoms with Gasteiger partial charge in [-0.3, -0.25) is 14.5 Å². The summed E-state index contributed by atoms with van der Waals surface area (Å²) in [6, 6.07) is 0. The van der Waals surface area contributed by atoms with Gasteiger partial charge in [0.2, 0.25) is 0 Å². The molecule has 0 aliphatic rings. The van der Waals surface area contributed by atoms with E-state index in [1.165, 1.54) is 0 Å². The Hall–Kier alpha value is 0.0569. The number of rotatable bonds is 9. The van der Waals surface area contributed by atoms with E-state index in [2.05, 4.69) is 49.1 Å². The van der Waals surface area contributed by atoms with Gasteiger partial charge in [-0.15, -0.1) is 0 Å². The second-order valence-electron chi connectivity index (χ2n) is 3.31. The third kappa shape index (κ3) is 4.20. The molecule has 5 heteroatoms. The molecule has 0 radical (unpaired) electrons. The van der Waals surface area contributed by atoms with Crippen molar-refractivity contribution in [2.75, 3.05) is 32.8 Å². The van der Waals surface area contributed by atoms with Crippen molar-refractivity contribution in [2.45, 2.75) is 34.6 Å². The number of nitrogens with one attached hydrogen (secondary N) is 2.